The van der Waals surface area contributed by atoms with Crippen LogP contribution in [0, 0.1) is 5.82 Å². The molecule has 2 aromatic carbocycles. The minimum absolute atomic E-state index is 0.0115. The van der Waals surface area contributed by atoms with Crippen molar-refractivity contribution < 1.29 is 19.0 Å². The first-order valence-corrected chi connectivity index (χ1v) is 10.5. The van der Waals surface area contributed by atoms with Crippen LogP contribution in [-0.2, 0) is 11.3 Å². The summed E-state index contributed by atoms with van der Waals surface area (Å²) >= 11 is 6.01. The normalized spacial score (nSPS) is 15.6. The molecule has 3 rings (SSSR count). The fourth-order valence-corrected chi connectivity index (χ4v) is 3.26. The molecule has 1 atom stereocenters. The Balaban J connectivity index is 1.89. The lowest BCUT2D eigenvalue weighted by Crippen LogP contribution is -2.44. The van der Waals surface area contributed by atoms with E-state index in [2.05, 4.69) is 16.0 Å². The number of nitrogens with one attached hydrogen (secondary N) is 3. The van der Waals surface area contributed by atoms with Crippen molar-refractivity contribution in [2.24, 2.45) is 0 Å². The second-order valence-corrected chi connectivity index (χ2v) is 7.35. The first-order valence-electron chi connectivity index (χ1n) is 10.1. The van der Waals surface area contributed by atoms with E-state index in [1.54, 1.807) is 17.0 Å². The third kappa shape index (κ3) is 6.02. The number of rotatable bonds is 10. The molecule has 1 aliphatic heterocycles. The summed E-state index contributed by atoms with van der Waals surface area (Å²) in [7, 11) is 0. The molecule has 0 saturated carbocycles. The molecule has 0 aromatic heterocycles. The minimum Gasteiger partial charge on any atom is -0.452 e. The van der Waals surface area contributed by atoms with Crippen LogP contribution < -0.4 is 20.7 Å². The maximum absolute atomic E-state index is 13.3. The molecule has 1 unspecified atom stereocenters. The number of carbonyl (C=O) groups is 1. The van der Waals surface area contributed by atoms with Gasteiger partial charge in [-0.2, -0.15) is 0 Å². The van der Waals surface area contributed by atoms with E-state index >= 15 is 0 Å². The summed E-state index contributed by atoms with van der Waals surface area (Å²) in [5.74, 6) is 0.333. The largest absolute Gasteiger partial charge is 0.452 e. The van der Waals surface area contributed by atoms with Gasteiger partial charge in [0.15, 0.2) is 0 Å². The van der Waals surface area contributed by atoms with Crippen molar-refractivity contribution in [1.29, 1.82) is 0 Å². The Morgan fingerprint density at radius 3 is 2.58 bits per heavy atom. The van der Waals surface area contributed by atoms with E-state index in [1.165, 1.54) is 24.3 Å². The Bertz CT molecular complexity index is 906. The topological polar surface area (TPSA) is 85.9 Å². The SMILES string of the molecule is CCNC1=C(C(=O)NCCCO)N(Cc2ccc(Cl)cc2)C(Oc2ccc(F)cc2)N1. The van der Waals surface area contributed by atoms with E-state index < -0.39 is 6.35 Å². The molecule has 2 aromatic rings. The van der Waals surface area contributed by atoms with E-state index in [4.69, 9.17) is 21.4 Å². The summed E-state index contributed by atoms with van der Waals surface area (Å²) in [5, 5.41) is 18.8. The molecule has 1 aliphatic rings. The van der Waals surface area contributed by atoms with Crippen LogP contribution in [0.2, 0.25) is 5.02 Å². The van der Waals surface area contributed by atoms with Crippen molar-refractivity contribution in [3.05, 3.63) is 76.5 Å². The molecule has 0 saturated heterocycles. The van der Waals surface area contributed by atoms with Gasteiger partial charge in [0.25, 0.3) is 12.3 Å². The third-order valence-corrected chi connectivity index (χ3v) is 4.84. The Morgan fingerprint density at radius 1 is 1.23 bits per heavy atom. The number of carbonyl (C=O) groups excluding carboxylic acids is 1. The van der Waals surface area contributed by atoms with Crippen LogP contribution >= 0.6 is 11.6 Å². The van der Waals surface area contributed by atoms with Gasteiger partial charge in [-0.05, 0) is 55.3 Å². The van der Waals surface area contributed by atoms with Crippen molar-refractivity contribution in [3.8, 4) is 5.75 Å². The molecule has 1 heterocycles. The molecule has 0 spiro atoms. The zero-order valence-electron chi connectivity index (χ0n) is 17.2. The zero-order chi connectivity index (χ0) is 22.2. The number of nitrogens with zero attached hydrogens (tertiary/aromatic N) is 1. The second kappa shape index (κ2) is 10.9. The molecule has 0 bridgehead atoms. The highest BCUT2D eigenvalue weighted by molar-refractivity contribution is 6.30. The predicted molar refractivity (Wildman–Crippen MR) is 116 cm³/mol. The van der Waals surface area contributed by atoms with Crippen LogP contribution in [0.1, 0.15) is 18.9 Å². The molecule has 0 fully saturated rings. The molecule has 9 heteroatoms. The quantitative estimate of drug-likeness (QED) is 0.418. The van der Waals surface area contributed by atoms with Crippen molar-refractivity contribution in [2.75, 3.05) is 19.7 Å². The van der Waals surface area contributed by atoms with Crippen LogP contribution in [0.4, 0.5) is 4.39 Å². The Kier molecular flexibility index (Phi) is 7.97. The van der Waals surface area contributed by atoms with Crippen LogP contribution in [0.3, 0.4) is 0 Å². The lowest BCUT2D eigenvalue weighted by molar-refractivity contribution is -0.120. The number of benzene rings is 2. The van der Waals surface area contributed by atoms with E-state index in [9.17, 15) is 9.18 Å². The smallest absolute Gasteiger partial charge is 0.271 e. The standard InChI is InChI=1S/C22H26ClFN4O3/c1-2-25-20-19(21(30)26-12-3-13-29)28(14-15-4-6-16(23)7-5-15)22(27-20)31-18-10-8-17(24)9-11-18/h4-11,22,25,27,29H,2-3,12-14H2,1H3,(H,26,30). The van der Waals surface area contributed by atoms with Crippen LogP contribution in [0.5, 0.6) is 5.75 Å². The van der Waals surface area contributed by atoms with Gasteiger partial charge >= 0.3 is 0 Å². The highest BCUT2D eigenvalue weighted by atomic mass is 35.5. The lowest BCUT2D eigenvalue weighted by Gasteiger charge is -2.28. The van der Waals surface area contributed by atoms with Crippen molar-refractivity contribution >= 4 is 17.5 Å². The van der Waals surface area contributed by atoms with Gasteiger partial charge < -0.3 is 30.7 Å². The highest BCUT2D eigenvalue weighted by Gasteiger charge is 2.36. The highest BCUT2D eigenvalue weighted by Crippen LogP contribution is 2.25. The fraction of sp³-hybridized carbons (Fsp3) is 0.318. The average molecular weight is 449 g/mol. The number of aliphatic hydroxyl groups excluding tert-OH is 1. The molecule has 31 heavy (non-hydrogen) atoms. The Hall–Kier alpha value is -2.97. The summed E-state index contributed by atoms with van der Waals surface area (Å²) in [6.07, 6.45) is -0.246. The molecule has 166 valence electrons. The first-order chi connectivity index (χ1) is 15.0. The average Bonchev–Trinajstić information content (AvgIpc) is 3.08. The summed E-state index contributed by atoms with van der Waals surface area (Å²) in [4.78, 5) is 14.8. The molecule has 7 nitrogen and oxygen atoms in total. The summed E-state index contributed by atoms with van der Waals surface area (Å²) in [6.45, 7) is 3.22. The van der Waals surface area contributed by atoms with Gasteiger partial charge in [-0.25, -0.2) is 4.39 Å². The summed E-state index contributed by atoms with van der Waals surface area (Å²) < 4.78 is 19.3. The van der Waals surface area contributed by atoms with E-state index in [1.807, 2.05) is 19.1 Å². The van der Waals surface area contributed by atoms with Crippen LogP contribution in [-0.4, -0.2) is 42.0 Å². The summed E-state index contributed by atoms with van der Waals surface area (Å²) in [5.41, 5.74) is 1.32. The van der Waals surface area contributed by atoms with E-state index in [0.717, 1.165) is 5.56 Å². The molecule has 4 N–H and O–H groups in total. The maximum atomic E-state index is 13.3. The van der Waals surface area contributed by atoms with E-state index in [-0.39, 0.29) is 18.3 Å². The van der Waals surface area contributed by atoms with Gasteiger partial charge in [0.05, 0.1) is 0 Å². The Morgan fingerprint density at radius 2 is 1.94 bits per heavy atom. The second-order valence-electron chi connectivity index (χ2n) is 6.91. The Labute approximate surface area is 185 Å². The predicted octanol–water partition coefficient (Wildman–Crippen LogP) is 2.52. The number of aliphatic hydroxyl groups is 1. The first kappa shape index (κ1) is 22.7. The molecule has 0 aliphatic carbocycles. The van der Waals surface area contributed by atoms with Gasteiger partial charge in [0, 0.05) is 31.3 Å². The number of halogens is 2. The fourth-order valence-electron chi connectivity index (χ4n) is 3.13. The number of ether oxygens (including phenoxy) is 1. The lowest BCUT2D eigenvalue weighted by atomic mass is 10.2. The molecular formula is C22H26ClFN4O3. The number of hydrogen-bond donors (Lipinski definition) is 4. The van der Waals surface area contributed by atoms with E-state index in [0.29, 0.717) is 48.3 Å². The zero-order valence-corrected chi connectivity index (χ0v) is 18.0. The van der Waals surface area contributed by atoms with Gasteiger partial charge in [-0.15, -0.1) is 0 Å². The van der Waals surface area contributed by atoms with Gasteiger partial charge in [0.1, 0.15) is 23.1 Å². The van der Waals surface area contributed by atoms with Crippen LogP contribution in [0.15, 0.2) is 60.0 Å². The molecule has 0 radical (unpaired) electrons. The third-order valence-electron chi connectivity index (χ3n) is 4.59. The van der Waals surface area contributed by atoms with Crippen molar-refractivity contribution in [1.82, 2.24) is 20.9 Å². The number of amides is 1. The van der Waals surface area contributed by atoms with Crippen LogP contribution in [0.25, 0.3) is 0 Å². The monoisotopic (exact) mass is 448 g/mol. The van der Waals surface area contributed by atoms with Crippen molar-refractivity contribution in [3.63, 3.8) is 0 Å². The molecule has 1 amide bonds. The van der Waals surface area contributed by atoms with Gasteiger partial charge in [-0.3, -0.25) is 4.79 Å². The van der Waals surface area contributed by atoms with Gasteiger partial charge in [-0.1, -0.05) is 23.7 Å². The molecular weight excluding hydrogens is 423 g/mol. The maximum Gasteiger partial charge on any atom is 0.271 e. The minimum atomic E-state index is -0.700. The van der Waals surface area contributed by atoms with Gasteiger partial charge in [0.2, 0.25) is 0 Å². The van der Waals surface area contributed by atoms with Crippen molar-refractivity contribution in [2.45, 2.75) is 26.2 Å². The number of hydrogen-bond acceptors (Lipinski definition) is 6. The summed E-state index contributed by atoms with van der Waals surface area (Å²) in [6, 6.07) is 13.0.